The summed E-state index contributed by atoms with van der Waals surface area (Å²) in [5.41, 5.74) is 0. The van der Waals surface area contributed by atoms with Gasteiger partial charge in [0.15, 0.2) is 0 Å². The topological polar surface area (TPSA) is 6.48 Å². The van der Waals surface area contributed by atoms with Gasteiger partial charge in [-0.05, 0) is 37.8 Å². The second-order valence-corrected chi connectivity index (χ2v) is 7.62. The van der Waals surface area contributed by atoms with Crippen LogP contribution in [0.25, 0.3) is 0 Å². The number of hydrogen-bond donors (Lipinski definition) is 0. The van der Waals surface area contributed by atoms with Crippen LogP contribution in [0.3, 0.4) is 0 Å². The van der Waals surface area contributed by atoms with Crippen molar-refractivity contribution in [2.45, 2.75) is 92.9 Å². The van der Waals surface area contributed by atoms with E-state index in [1.165, 1.54) is 90.6 Å². The predicted octanol–water partition coefficient (Wildman–Crippen LogP) is 6.06. The van der Waals surface area contributed by atoms with Crippen LogP contribution in [-0.4, -0.2) is 49.1 Å². The minimum atomic E-state index is 0.896. The van der Waals surface area contributed by atoms with Crippen molar-refractivity contribution in [1.82, 2.24) is 9.80 Å². The van der Waals surface area contributed by atoms with Crippen LogP contribution in [0, 0.1) is 11.8 Å². The molecule has 0 saturated carbocycles. The summed E-state index contributed by atoms with van der Waals surface area (Å²) in [6, 6.07) is 0. The number of unbranched alkanes of at least 4 members (excludes halogenated alkanes) is 2. The van der Waals surface area contributed by atoms with Crippen molar-refractivity contribution in [3.05, 3.63) is 0 Å². The van der Waals surface area contributed by atoms with Crippen LogP contribution in [-0.2, 0) is 0 Å². The predicted molar refractivity (Wildman–Crippen MR) is 111 cm³/mol. The van der Waals surface area contributed by atoms with Gasteiger partial charge < -0.3 is 9.80 Å². The molecule has 0 aromatic carbocycles. The Labute approximate surface area is 154 Å². The molecule has 0 N–H and O–H groups in total. The largest absolute Gasteiger partial charge is 0.302 e. The first-order valence-corrected chi connectivity index (χ1v) is 11.1. The molecule has 0 bridgehead atoms. The van der Waals surface area contributed by atoms with Gasteiger partial charge in [-0.2, -0.15) is 0 Å². The summed E-state index contributed by atoms with van der Waals surface area (Å²) >= 11 is 0. The molecular formula is C22H48N2. The summed E-state index contributed by atoms with van der Waals surface area (Å²) in [7, 11) is 0. The highest BCUT2D eigenvalue weighted by Gasteiger charge is 2.15. The molecule has 146 valence electrons. The number of rotatable bonds is 17. The van der Waals surface area contributed by atoms with E-state index < -0.39 is 0 Å². The second kappa shape index (κ2) is 16.4. The van der Waals surface area contributed by atoms with Crippen LogP contribution >= 0.6 is 0 Å². The third kappa shape index (κ3) is 11.5. The van der Waals surface area contributed by atoms with Crippen molar-refractivity contribution in [3.63, 3.8) is 0 Å². The van der Waals surface area contributed by atoms with E-state index in [9.17, 15) is 0 Å². The van der Waals surface area contributed by atoms with Crippen molar-refractivity contribution < 1.29 is 0 Å². The molecule has 0 aliphatic heterocycles. The van der Waals surface area contributed by atoms with Gasteiger partial charge in [0.05, 0.1) is 0 Å². The first-order chi connectivity index (χ1) is 11.6. The van der Waals surface area contributed by atoms with Crippen LogP contribution in [0.4, 0.5) is 0 Å². The van der Waals surface area contributed by atoms with Crippen LogP contribution in [0.5, 0.6) is 0 Å². The number of likely N-dealkylation sites (N-methyl/N-ethyl adjacent to an activating group) is 2. The highest BCUT2D eigenvalue weighted by Crippen LogP contribution is 2.16. The Kier molecular flexibility index (Phi) is 16.3. The van der Waals surface area contributed by atoms with Crippen LogP contribution in [0.1, 0.15) is 92.9 Å². The number of nitrogens with zero attached hydrogens (tertiary/aromatic N) is 2. The fourth-order valence-electron chi connectivity index (χ4n) is 3.60. The van der Waals surface area contributed by atoms with Crippen molar-refractivity contribution in [2.24, 2.45) is 11.8 Å². The molecule has 0 aliphatic carbocycles. The van der Waals surface area contributed by atoms with E-state index in [4.69, 9.17) is 0 Å². The highest BCUT2D eigenvalue weighted by atomic mass is 15.2. The normalized spacial score (nSPS) is 14.5. The fraction of sp³-hybridized carbons (Fsp3) is 1.00. The summed E-state index contributed by atoms with van der Waals surface area (Å²) in [6.45, 7) is 21.5. The molecule has 0 rings (SSSR count). The first kappa shape index (κ1) is 23.9. The zero-order valence-electron chi connectivity index (χ0n) is 17.9. The Hall–Kier alpha value is -0.0800. The maximum absolute atomic E-state index is 2.69. The van der Waals surface area contributed by atoms with Gasteiger partial charge in [-0.15, -0.1) is 0 Å². The van der Waals surface area contributed by atoms with E-state index in [-0.39, 0.29) is 0 Å². The molecule has 2 nitrogen and oxygen atoms in total. The summed E-state index contributed by atoms with van der Waals surface area (Å²) in [6.07, 6.45) is 11.0. The zero-order chi connectivity index (χ0) is 18.2. The molecule has 0 heterocycles. The Bertz CT molecular complexity index is 228. The van der Waals surface area contributed by atoms with Crippen LogP contribution in [0.2, 0.25) is 0 Å². The molecule has 0 spiro atoms. The van der Waals surface area contributed by atoms with Crippen molar-refractivity contribution >= 4 is 0 Å². The first-order valence-electron chi connectivity index (χ1n) is 11.1. The minimum Gasteiger partial charge on any atom is -0.302 e. The molecule has 2 atom stereocenters. The zero-order valence-corrected chi connectivity index (χ0v) is 17.9. The molecule has 2 heteroatoms. The van der Waals surface area contributed by atoms with Crippen molar-refractivity contribution in [2.75, 3.05) is 39.3 Å². The summed E-state index contributed by atoms with van der Waals surface area (Å²) < 4.78 is 0. The highest BCUT2D eigenvalue weighted by molar-refractivity contribution is 4.69. The van der Waals surface area contributed by atoms with Gasteiger partial charge in [0.25, 0.3) is 0 Å². The average Bonchev–Trinajstić information content (AvgIpc) is 2.62. The monoisotopic (exact) mass is 340 g/mol. The molecule has 24 heavy (non-hydrogen) atoms. The molecule has 0 saturated heterocycles. The van der Waals surface area contributed by atoms with E-state index in [2.05, 4.69) is 51.3 Å². The maximum atomic E-state index is 2.69. The van der Waals surface area contributed by atoms with Crippen LogP contribution < -0.4 is 0 Å². The molecule has 2 unspecified atom stereocenters. The van der Waals surface area contributed by atoms with Crippen molar-refractivity contribution in [3.8, 4) is 0 Å². The van der Waals surface area contributed by atoms with Gasteiger partial charge in [-0.3, -0.25) is 0 Å². The summed E-state index contributed by atoms with van der Waals surface area (Å²) in [5.74, 6) is 1.79. The SMILES string of the molecule is CCCCC(CC)CN(CC)CCN(CC)CC(CC)CCCC. The number of hydrogen-bond acceptors (Lipinski definition) is 2. The molecule has 0 fully saturated rings. The summed E-state index contributed by atoms with van der Waals surface area (Å²) in [4.78, 5) is 5.39. The van der Waals surface area contributed by atoms with E-state index in [1.807, 2.05) is 0 Å². The fourth-order valence-corrected chi connectivity index (χ4v) is 3.60. The van der Waals surface area contributed by atoms with E-state index in [0.717, 1.165) is 11.8 Å². The van der Waals surface area contributed by atoms with Crippen molar-refractivity contribution in [1.29, 1.82) is 0 Å². The lowest BCUT2D eigenvalue weighted by molar-refractivity contribution is 0.169. The molecular weight excluding hydrogens is 292 g/mol. The lowest BCUT2D eigenvalue weighted by Gasteiger charge is -2.30. The Morgan fingerprint density at radius 2 is 0.958 bits per heavy atom. The van der Waals surface area contributed by atoms with E-state index in [1.54, 1.807) is 0 Å². The Morgan fingerprint density at radius 3 is 1.21 bits per heavy atom. The van der Waals surface area contributed by atoms with Gasteiger partial charge in [-0.25, -0.2) is 0 Å². The van der Waals surface area contributed by atoms with Gasteiger partial charge in [0.2, 0.25) is 0 Å². The third-order valence-corrected chi connectivity index (χ3v) is 5.75. The maximum Gasteiger partial charge on any atom is 0.0109 e. The molecule has 0 aromatic rings. The quantitative estimate of drug-likeness (QED) is 0.317. The van der Waals surface area contributed by atoms with E-state index in [0.29, 0.717) is 0 Å². The van der Waals surface area contributed by atoms with Gasteiger partial charge >= 0.3 is 0 Å². The third-order valence-electron chi connectivity index (χ3n) is 5.75. The molecule has 0 aliphatic rings. The van der Waals surface area contributed by atoms with Gasteiger partial charge in [0, 0.05) is 26.2 Å². The molecule has 0 amide bonds. The van der Waals surface area contributed by atoms with Crippen LogP contribution in [0.15, 0.2) is 0 Å². The lowest BCUT2D eigenvalue weighted by Crippen LogP contribution is -2.39. The molecule has 0 radical (unpaired) electrons. The average molecular weight is 341 g/mol. The smallest absolute Gasteiger partial charge is 0.0109 e. The second-order valence-electron chi connectivity index (χ2n) is 7.62. The minimum absolute atomic E-state index is 0.896. The van der Waals surface area contributed by atoms with Gasteiger partial charge in [-0.1, -0.05) is 80.1 Å². The lowest BCUT2D eigenvalue weighted by atomic mass is 9.98. The summed E-state index contributed by atoms with van der Waals surface area (Å²) in [5, 5.41) is 0. The standard InChI is InChI=1S/C22H48N2/c1-7-13-15-21(9-3)19-23(11-5)17-18-24(12-6)20-22(10-4)16-14-8-2/h21-22H,7-20H2,1-6H3. The Morgan fingerprint density at radius 1 is 0.583 bits per heavy atom. The van der Waals surface area contributed by atoms with E-state index >= 15 is 0 Å². The molecule has 0 aromatic heterocycles. The Balaban J connectivity index is 4.29. The van der Waals surface area contributed by atoms with Gasteiger partial charge in [0.1, 0.15) is 0 Å².